The van der Waals surface area contributed by atoms with Crippen LogP contribution in [0.1, 0.15) is 43.7 Å². The van der Waals surface area contributed by atoms with Crippen molar-refractivity contribution in [3.8, 4) is 0 Å². The van der Waals surface area contributed by atoms with Crippen LogP contribution in [0, 0.1) is 0 Å². The molecule has 1 atom stereocenters. The van der Waals surface area contributed by atoms with Gasteiger partial charge in [-0.15, -0.1) is 0 Å². The fourth-order valence-electron chi connectivity index (χ4n) is 2.37. The highest BCUT2D eigenvalue weighted by molar-refractivity contribution is 5.35. The molecule has 19 heavy (non-hydrogen) atoms. The Balaban J connectivity index is 2.33. The van der Waals surface area contributed by atoms with Crippen molar-refractivity contribution < 1.29 is 4.42 Å². The lowest BCUT2D eigenvalue weighted by Gasteiger charge is -2.27. The van der Waals surface area contributed by atoms with Gasteiger partial charge in [0, 0.05) is 6.42 Å². The van der Waals surface area contributed by atoms with Gasteiger partial charge < -0.3 is 4.42 Å². The van der Waals surface area contributed by atoms with Crippen molar-refractivity contribution in [2.45, 2.75) is 38.6 Å². The van der Waals surface area contributed by atoms with E-state index in [-0.39, 0.29) is 11.5 Å². The van der Waals surface area contributed by atoms with Gasteiger partial charge in [-0.25, -0.2) is 0 Å². The van der Waals surface area contributed by atoms with Gasteiger partial charge in [0.15, 0.2) is 0 Å². The maximum absolute atomic E-state index is 5.74. The van der Waals surface area contributed by atoms with Gasteiger partial charge in [-0.05, 0) is 28.7 Å². The van der Waals surface area contributed by atoms with Gasteiger partial charge in [0.25, 0.3) is 0 Å². The van der Waals surface area contributed by atoms with Gasteiger partial charge in [-0.1, -0.05) is 45.0 Å². The van der Waals surface area contributed by atoms with E-state index in [0.717, 1.165) is 12.2 Å². The molecule has 0 aliphatic heterocycles. The molecule has 102 valence electrons. The van der Waals surface area contributed by atoms with Gasteiger partial charge in [-0.2, -0.15) is 0 Å². The van der Waals surface area contributed by atoms with Gasteiger partial charge in [0.05, 0.1) is 12.3 Å². The third kappa shape index (κ3) is 3.25. The van der Waals surface area contributed by atoms with Crippen LogP contribution in [0.4, 0.5) is 0 Å². The molecular weight excluding hydrogens is 236 g/mol. The Hall–Kier alpha value is -1.58. The Labute approximate surface area is 114 Å². The number of hydrogen-bond donors (Lipinski definition) is 2. The second-order valence-electron chi connectivity index (χ2n) is 5.84. The number of benzene rings is 1. The third-order valence-electron chi connectivity index (χ3n) is 3.33. The number of rotatable bonds is 4. The largest absolute Gasteiger partial charge is 0.469 e. The van der Waals surface area contributed by atoms with E-state index in [2.05, 4.69) is 50.5 Å². The first kappa shape index (κ1) is 13.8. The zero-order chi connectivity index (χ0) is 13.9. The first-order valence-corrected chi connectivity index (χ1v) is 6.60. The molecule has 0 radical (unpaired) electrons. The molecule has 1 unspecified atom stereocenters. The Kier molecular flexibility index (Phi) is 4.08. The molecule has 1 aromatic heterocycles. The summed E-state index contributed by atoms with van der Waals surface area (Å²) in [4.78, 5) is 0. The van der Waals surface area contributed by atoms with Gasteiger partial charge >= 0.3 is 0 Å². The van der Waals surface area contributed by atoms with Crippen LogP contribution in [-0.4, -0.2) is 0 Å². The minimum Gasteiger partial charge on any atom is -0.469 e. The first-order valence-electron chi connectivity index (χ1n) is 6.60. The van der Waals surface area contributed by atoms with E-state index in [1.807, 2.05) is 12.1 Å². The predicted molar refractivity (Wildman–Crippen MR) is 77.6 cm³/mol. The van der Waals surface area contributed by atoms with E-state index in [9.17, 15) is 0 Å². The van der Waals surface area contributed by atoms with E-state index >= 15 is 0 Å². The fourth-order valence-corrected chi connectivity index (χ4v) is 2.37. The maximum atomic E-state index is 5.74. The number of furan rings is 1. The Morgan fingerprint density at radius 1 is 1.16 bits per heavy atom. The highest BCUT2D eigenvalue weighted by Crippen LogP contribution is 2.30. The summed E-state index contributed by atoms with van der Waals surface area (Å²) < 4.78 is 5.42. The molecule has 3 N–H and O–H groups in total. The number of hydrazine groups is 1. The van der Waals surface area contributed by atoms with Crippen molar-refractivity contribution in [2.75, 3.05) is 0 Å². The van der Waals surface area contributed by atoms with Gasteiger partial charge in [0.1, 0.15) is 5.76 Å². The number of hydrogen-bond acceptors (Lipinski definition) is 3. The van der Waals surface area contributed by atoms with Crippen LogP contribution in [0.2, 0.25) is 0 Å². The predicted octanol–water partition coefficient (Wildman–Crippen LogP) is 3.32. The molecule has 2 rings (SSSR count). The van der Waals surface area contributed by atoms with E-state index in [1.54, 1.807) is 6.26 Å². The third-order valence-corrected chi connectivity index (χ3v) is 3.33. The molecule has 0 saturated carbocycles. The smallest absolute Gasteiger partial charge is 0.105 e. The van der Waals surface area contributed by atoms with Crippen LogP contribution in [0.15, 0.2) is 47.1 Å². The molecule has 1 heterocycles. The van der Waals surface area contributed by atoms with Crippen LogP contribution in [-0.2, 0) is 11.8 Å². The fraction of sp³-hybridized carbons (Fsp3) is 0.375. The lowest BCUT2D eigenvalue weighted by Crippen LogP contribution is -2.31. The summed E-state index contributed by atoms with van der Waals surface area (Å²) >= 11 is 0. The number of nitrogens with one attached hydrogen (secondary N) is 1. The molecule has 0 aliphatic carbocycles. The highest BCUT2D eigenvalue weighted by atomic mass is 16.3. The quantitative estimate of drug-likeness (QED) is 0.653. The molecule has 0 aliphatic rings. The Bertz CT molecular complexity index is 512. The molecule has 0 bridgehead atoms. The average Bonchev–Trinajstić information content (AvgIpc) is 2.88. The lowest BCUT2D eigenvalue weighted by atomic mass is 9.81. The molecule has 0 saturated heterocycles. The second kappa shape index (κ2) is 5.59. The molecule has 0 spiro atoms. The summed E-state index contributed by atoms with van der Waals surface area (Å²) in [6.07, 6.45) is 2.44. The van der Waals surface area contributed by atoms with E-state index in [4.69, 9.17) is 10.3 Å². The summed E-state index contributed by atoms with van der Waals surface area (Å²) in [5.41, 5.74) is 5.54. The molecule has 3 nitrogen and oxygen atoms in total. The first-order chi connectivity index (χ1) is 9.02. The highest BCUT2D eigenvalue weighted by Gasteiger charge is 2.22. The van der Waals surface area contributed by atoms with Gasteiger partial charge in [0.2, 0.25) is 0 Å². The van der Waals surface area contributed by atoms with Crippen molar-refractivity contribution in [2.24, 2.45) is 5.84 Å². The van der Waals surface area contributed by atoms with E-state index in [0.29, 0.717) is 0 Å². The number of nitrogens with two attached hydrogens (primary N) is 1. The van der Waals surface area contributed by atoms with E-state index in [1.165, 1.54) is 11.1 Å². The molecule has 2 aromatic rings. The zero-order valence-electron chi connectivity index (χ0n) is 11.8. The van der Waals surface area contributed by atoms with Crippen molar-refractivity contribution in [3.05, 3.63) is 59.5 Å². The van der Waals surface area contributed by atoms with Crippen LogP contribution >= 0.6 is 0 Å². The zero-order valence-corrected chi connectivity index (χ0v) is 11.8. The second-order valence-corrected chi connectivity index (χ2v) is 5.84. The minimum atomic E-state index is 0.0570. The SMILES string of the molecule is CC(C)(C)c1ccccc1C(Cc1ccco1)NN. The minimum absolute atomic E-state index is 0.0570. The Morgan fingerprint density at radius 3 is 2.47 bits per heavy atom. The maximum Gasteiger partial charge on any atom is 0.105 e. The van der Waals surface area contributed by atoms with Crippen molar-refractivity contribution >= 4 is 0 Å². The normalized spacial score (nSPS) is 13.5. The average molecular weight is 258 g/mol. The molecule has 0 amide bonds. The van der Waals surface area contributed by atoms with Crippen LogP contribution in [0.3, 0.4) is 0 Å². The summed E-state index contributed by atoms with van der Waals surface area (Å²) in [6, 6.07) is 12.4. The van der Waals surface area contributed by atoms with Crippen LogP contribution in [0.5, 0.6) is 0 Å². The standard InChI is InChI=1S/C16H22N2O/c1-16(2,3)14-9-5-4-8-13(14)15(18-17)11-12-7-6-10-19-12/h4-10,15,18H,11,17H2,1-3H3. The summed E-state index contributed by atoms with van der Waals surface area (Å²) in [7, 11) is 0. The lowest BCUT2D eigenvalue weighted by molar-refractivity contribution is 0.448. The summed E-state index contributed by atoms with van der Waals surface area (Å²) in [5, 5.41) is 0. The molecule has 1 aromatic carbocycles. The molecule has 0 fully saturated rings. The van der Waals surface area contributed by atoms with Crippen molar-refractivity contribution in [1.82, 2.24) is 5.43 Å². The van der Waals surface area contributed by atoms with Crippen molar-refractivity contribution in [3.63, 3.8) is 0 Å². The molecular formula is C16H22N2O. The monoisotopic (exact) mass is 258 g/mol. The van der Waals surface area contributed by atoms with Gasteiger partial charge in [-0.3, -0.25) is 11.3 Å². The molecule has 3 heteroatoms. The van der Waals surface area contributed by atoms with Crippen molar-refractivity contribution in [1.29, 1.82) is 0 Å². The topological polar surface area (TPSA) is 51.2 Å². The van der Waals surface area contributed by atoms with Crippen LogP contribution in [0.25, 0.3) is 0 Å². The van der Waals surface area contributed by atoms with E-state index < -0.39 is 0 Å². The summed E-state index contributed by atoms with van der Waals surface area (Å²) in [6.45, 7) is 6.64. The Morgan fingerprint density at radius 2 is 1.89 bits per heavy atom. The van der Waals surface area contributed by atoms with Crippen LogP contribution < -0.4 is 11.3 Å². The summed E-state index contributed by atoms with van der Waals surface area (Å²) in [5.74, 6) is 6.68.